The lowest BCUT2D eigenvalue weighted by molar-refractivity contribution is -0.147. The number of hydrogen-bond donors (Lipinski definition) is 1. The summed E-state index contributed by atoms with van der Waals surface area (Å²) in [5.41, 5.74) is 0.987. The Hall–Kier alpha value is -2.58. The molecule has 0 saturated carbocycles. The van der Waals surface area contributed by atoms with Gasteiger partial charge in [0.2, 0.25) is 17.7 Å². The highest BCUT2D eigenvalue weighted by atomic mass is 32.2. The first-order valence-corrected chi connectivity index (χ1v) is 15.5. The van der Waals surface area contributed by atoms with Crippen LogP contribution < -0.4 is 0 Å². The van der Waals surface area contributed by atoms with Crippen LogP contribution >= 0.6 is 11.8 Å². The molecule has 8 heteroatoms. The molecule has 3 aliphatic heterocycles. The topological polar surface area (TPSA) is 81.2 Å². The summed E-state index contributed by atoms with van der Waals surface area (Å²) in [6.07, 6.45) is 6.40. The third kappa shape index (κ3) is 5.02. The predicted octanol–water partition coefficient (Wildman–Crippen LogP) is 3.77. The zero-order valence-corrected chi connectivity index (χ0v) is 25.2. The molecule has 3 aliphatic rings. The molecular formula is C32H45N3O4S. The second-order valence-electron chi connectivity index (χ2n) is 11.7. The van der Waals surface area contributed by atoms with Crippen molar-refractivity contribution in [2.45, 2.75) is 74.6 Å². The smallest absolute Gasteiger partial charge is 0.247 e. The number of aliphatic hydroxyl groups excluding tert-OH is 1. The van der Waals surface area contributed by atoms with E-state index in [1.165, 1.54) is 0 Å². The molecular weight excluding hydrogens is 522 g/mol. The van der Waals surface area contributed by atoms with Crippen LogP contribution in [0.25, 0.3) is 0 Å². The second kappa shape index (κ2) is 12.5. The van der Waals surface area contributed by atoms with Gasteiger partial charge in [0, 0.05) is 31.4 Å². The van der Waals surface area contributed by atoms with Gasteiger partial charge in [0.15, 0.2) is 0 Å². The highest BCUT2D eigenvalue weighted by Crippen LogP contribution is 2.69. The van der Waals surface area contributed by atoms with Crippen LogP contribution in [-0.4, -0.2) is 92.4 Å². The molecule has 3 amide bonds. The van der Waals surface area contributed by atoms with Gasteiger partial charge in [-0.25, -0.2) is 0 Å². The number of nitrogens with zero attached hydrogens (tertiary/aromatic N) is 3. The summed E-state index contributed by atoms with van der Waals surface area (Å²) in [6.45, 7) is 14.5. The van der Waals surface area contributed by atoms with Crippen LogP contribution in [0.15, 0.2) is 55.6 Å². The van der Waals surface area contributed by atoms with Crippen molar-refractivity contribution >= 4 is 29.5 Å². The largest absolute Gasteiger partial charge is 0.394 e. The molecule has 3 fully saturated rings. The Morgan fingerprint density at radius 3 is 2.48 bits per heavy atom. The van der Waals surface area contributed by atoms with Gasteiger partial charge in [-0.1, -0.05) is 62.8 Å². The Balaban J connectivity index is 1.83. The van der Waals surface area contributed by atoms with Crippen LogP contribution in [0.4, 0.5) is 0 Å². The number of aliphatic hydroxyl groups is 1. The number of fused-ring (bicyclic) bond motifs is 1. The number of likely N-dealkylation sites (tertiary alicyclic amines) is 1. The lowest BCUT2D eigenvalue weighted by atomic mass is 9.65. The van der Waals surface area contributed by atoms with E-state index in [0.29, 0.717) is 19.5 Å². The molecule has 7 nitrogen and oxygen atoms in total. The molecule has 2 bridgehead atoms. The second-order valence-corrected chi connectivity index (χ2v) is 13.3. The molecule has 3 saturated heterocycles. The monoisotopic (exact) mass is 567 g/mol. The van der Waals surface area contributed by atoms with E-state index in [-0.39, 0.29) is 41.5 Å². The molecule has 1 N–H and O–H groups in total. The van der Waals surface area contributed by atoms with Crippen LogP contribution in [0.5, 0.6) is 0 Å². The van der Waals surface area contributed by atoms with E-state index in [1.807, 2.05) is 42.2 Å². The van der Waals surface area contributed by atoms with E-state index in [4.69, 9.17) is 0 Å². The lowest BCUT2D eigenvalue weighted by Crippen LogP contribution is -2.60. The van der Waals surface area contributed by atoms with Gasteiger partial charge in [-0.05, 0) is 37.7 Å². The molecule has 4 rings (SSSR count). The Bertz CT molecular complexity index is 1110. The molecule has 1 aromatic rings. The van der Waals surface area contributed by atoms with Crippen molar-refractivity contribution in [3.8, 4) is 0 Å². The zero-order chi connectivity index (χ0) is 29.2. The van der Waals surface area contributed by atoms with Crippen molar-refractivity contribution in [2.24, 2.45) is 17.8 Å². The fraction of sp³-hybridized carbons (Fsp3) is 0.594. The molecule has 218 valence electrons. The molecule has 1 aromatic carbocycles. The van der Waals surface area contributed by atoms with E-state index >= 15 is 0 Å². The molecule has 1 spiro atoms. The zero-order valence-electron chi connectivity index (χ0n) is 24.4. The predicted molar refractivity (Wildman–Crippen MR) is 161 cm³/mol. The third-order valence-corrected chi connectivity index (χ3v) is 11.3. The minimum atomic E-state index is -0.766. The number of benzene rings is 1. The SMILES string of the molecule is C=CCN(C)C(=O)[C@@H]1[C@H]2C(=O)N([C@@H](CO)Cc3ccccc3)C(C(=O)N(CC=C)C(C)CCC)C23S[C@@H]1CC3C. The highest BCUT2D eigenvalue weighted by Gasteiger charge is 2.77. The van der Waals surface area contributed by atoms with Crippen LogP contribution in [0.2, 0.25) is 0 Å². The van der Waals surface area contributed by atoms with E-state index < -0.39 is 28.7 Å². The third-order valence-electron chi connectivity index (χ3n) is 9.25. The van der Waals surface area contributed by atoms with Crippen molar-refractivity contribution in [1.82, 2.24) is 14.7 Å². The highest BCUT2D eigenvalue weighted by molar-refractivity contribution is 8.02. The number of hydrogen-bond acceptors (Lipinski definition) is 5. The van der Waals surface area contributed by atoms with Crippen molar-refractivity contribution in [3.63, 3.8) is 0 Å². The molecule has 3 heterocycles. The first-order chi connectivity index (χ1) is 19.2. The maximum atomic E-state index is 14.7. The van der Waals surface area contributed by atoms with Crippen LogP contribution in [0.1, 0.15) is 45.6 Å². The van der Waals surface area contributed by atoms with Crippen molar-refractivity contribution in [2.75, 3.05) is 26.7 Å². The van der Waals surface area contributed by atoms with Crippen LogP contribution in [0.3, 0.4) is 0 Å². The summed E-state index contributed by atoms with van der Waals surface area (Å²) in [5.74, 6) is -1.40. The molecule has 0 aromatic heterocycles. The summed E-state index contributed by atoms with van der Waals surface area (Å²) in [6, 6.07) is 8.39. The van der Waals surface area contributed by atoms with Gasteiger partial charge in [0.1, 0.15) is 6.04 Å². The first-order valence-electron chi connectivity index (χ1n) is 14.6. The van der Waals surface area contributed by atoms with Gasteiger partial charge in [0.25, 0.3) is 0 Å². The van der Waals surface area contributed by atoms with Gasteiger partial charge in [-0.2, -0.15) is 0 Å². The normalized spacial score (nSPS) is 30.1. The Morgan fingerprint density at radius 2 is 1.88 bits per heavy atom. The van der Waals surface area contributed by atoms with E-state index in [0.717, 1.165) is 24.8 Å². The number of likely N-dealkylation sites (N-methyl/N-ethyl adjacent to an activating group) is 1. The summed E-state index contributed by atoms with van der Waals surface area (Å²) < 4.78 is -0.732. The molecule has 0 aliphatic carbocycles. The van der Waals surface area contributed by atoms with E-state index in [1.54, 1.807) is 40.8 Å². The maximum Gasteiger partial charge on any atom is 0.247 e. The maximum absolute atomic E-state index is 14.7. The Morgan fingerprint density at radius 1 is 1.20 bits per heavy atom. The molecule has 8 atom stereocenters. The van der Waals surface area contributed by atoms with Gasteiger partial charge in [-0.15, -0.1) is 24.9 Å². The number of thioether (sulfide) groups is 1. The summed E-state index contributed by atoms with van der Waals surface area (Å²) >= 11 is 1.68. The molecule has 40 heavy (non-hydrogen) atoms. The quantitative estimate of drug-likeness (QED) is 0.367. The molecule has 4 unspecified atom stereocenters. The molecule has 0 radical (unpaired) electrons. The summed E-state index contributed by atoms with van der Waals surface area (Å²) in [7, 11) is 1.75. The lowest BCUT2D eigenvalue weighted by Gasteiger charge is -2.43. The minimum Gasteiger partial charge on any atom is -0.394 e. The van der Waals surface area contributed by atoms with E-state index in [9.17, 15) is 19.5 Å². The Kier molecular flexibility index (Phi) is 9.51. The number of amides is 3. The van der Waals surface area contributed by atoms with Crippen molar-refractivity contribution in [1.29, 1.82) is 0 Å². The van der Waals surface area contributed by atoms with Crippen LogP contribution in [0, 0.1) is 17.8 Å². The van der Waals surface area contributed by atoms with Gasteiger partial charge < -0.3 is 19.8 Å². The van der Waals surface area contributed by atoms with Gasteiger partial charge in [0.05, 0.1) is 29.2 Å². The number of carbonyl (C=O) groups is 3. The summed E-state index contributed by atoms with van der Waals surface area (Å²) in [4.78, 5) is 48.3. The van der Waals surface area contributed by atoms with Gasteiger partial charge in [-0.3, -0.25) is 14.4 Å². The van der Waals surface area contributed by atoms with E-state index in [2.05, 4.69) is 27.0 Å². The average Bonchev–Trinajstić information content (AvgIpc) is 3.54. The van der Waals surface area contributed by atoms with Crippen molar-refractivity contribution in [3.05, 3.63) is 61.2 Å². The minimum absolute atomic E-state index is 0.0243. The average molecular weight is 568 g/mol. The number of carbonyl (C=O) groups excluding carboxylic acids is 3. The number of rotatable bonds is 13. The van der Waals surface area contributed by atoms with Crippen molar-refractivity contribution < 1.29 is 19.5 Å². The van der Waals surface area contributed by atoms with Gasteiger partial charge >= 0.3 is 0 Å². The Labute approximate surface area is 243 Å². The first kappa shape index (κ1) is 30.4. The standard InChI is InChI=1S/C32H45N3O4S/c1-7-13-22(5)34(17-9-3)31(39)28-32-21(4)18-25(40-32)26(29(37)33(6)16-8-2)27(32)30(38)35(28)24(20-36)19-23-14-11-10-12-15-23/h8-12,14-15,21-22,24-28,36H,2-3,7,13,16-20H2,1,4-6H3/t21?,22?,24-,25-,26+,27+,28?,32?/m1/s1. The fourth-order valence-electron chi connectivity index (χ4n) is 7.45. The fourth-order valence-corrected chi connectivity index (χ4v) is 9.84. The van der Waals surface area contributed by atoms with Crippen LogP contribution in [-0.2, 0) is 20.8 Å². The summed E-state index contributed by atoms with van der Waals surface area (Å²) in [5, 5.41) is 10.7.